The van der Waals surface area contributed by atoms with Crippen molar-refractivity contribution >= 4 is 21.6 Å². The molecule has 1 aliphatic rings. The zero-order valence-corrected chi connectivity index (χ0v) is 15.0. The Morgan fingerprint density at radius 1 is 1.12 bits per heavy atom. The van der Waals surface area contributed by atoms with E-state index in [1.807, 2.05) is 13.2 Å². The van der Waals surface area contributed by atoms with Crippen LogP contribution in [0.1, 0.15) is 23.3 Å². The van der Waals surface area contributed by atoms with Gasteiger partial charge in [-0.05, 0) is 31.2 Å². The van der Waals surface area contributed by atoms with Crippen LogP contribution < -0.4 is 4.74 Å². The topological polar surface area (TPSA) is 78.6 Å². The van der Waals surface area contributed by atoms with Gasteiger partial charge in [0.1, 0.15) is 10.5 Å². The molecule has 0 bridgehead atoms. The van der Waals surface area contributed by atoms with E-state index < -0.39 is 0 Å². The van der Waals surface area contributed by atoms with Crippen LogP contribution in [-0.2, 0) is 19.9 Å². The molecule has 0 fully saturated rings. The standard InChI is InChI=1S/C18H16N6OS/c1-24-10-11(8-21-24)25-17-15-12-4-2-3-5-14(12)26-18(15)23-16(22-17)13-9-19-6-7-20-13/h6-10H,2-5H2,1H3. The van der Waals surface area contributed by atoms with Gasteiger partial charge in [-0.1, -0.05) is 0 Å². The van der Waals surface area contributed by atoms with Crippen molar-refractivity contribution in [3.8, 4) is 23.1 Å². The summed E-state index contributed by atoms with van der Waals surface area (Å²) in [4.78, 5) is 20.3. The van der Waals surface area contributed by atoms with Crippen molar-refractivity contribution in [3.05, 3.63) is 41.4 Å². The van der Waals surface area contributed by atoms with Gasteiger partial charge in [-0.25, -0.2) is 9.97 Å². The normalized spacial score (nSPS) is 13.7. The smallest absolute Gasteiger partial charge is 0.232 e. The summed E-state index contributed by atoms with van der Waals surface area (Å²) in [6.45, 7) is 0. The molecule has 4 aromatic heterocycles. The van der Waals surface area contributed by atoms with Crippen LogP contribution in [0.15, 0.2) is 31.0 Å². The Morgan fingerprint density at radius 2 is 2.04 bits per heavy atom. The van der Waals surface area contributed by atoms with Crippen molar-refractivity contribution in [1.29, 1.82) is 0 Å². The molecule has 8 heteroatoms. The molecule has 7 nitrogen and oxygen atoms in total. The highest BCUT2D eigenvalue weighted by Gasteiger charge is 2.23. The predicted molar refractivity (Wildman–Crippen MR) is 98.4 cm³/mol. The molecule has 0 unspecified atom stereocenters. The summed E-state index contributed by atoms with van der Waals surface area (Å²) < 4.78 is 7.83. The average Bonchev–Trinajstić information content (AvgIpc) is 3.25. The summed E-state index contributed by atoms with van der Waals surface area (Å²) >= 11 is 1.74. The van der Waals surface area contributed by atoms with Crippen molar-refractivity contribution in [2.75, 3.05) is 0 Å². The molecule has 130 valence electrons. The quantitative estimate of drug-likeness (QED) is 0.553. The molecule has 4 heterocycles. The van der Waals surface area contributed by atoms with Gasteiger partial charge in [0.05, 0.1) is 24.0 Å². The molecule has 0 atom stereocenters. The van der Waals surface area contributed by atoms with Gasteiger partial charge in [0.2, 0.25) is 5.88 Å². The fourth-order valence-corrected chi connectivity index (χ4v) is 4.54. The molecule has 0 aliphatic heterocycles. The van der Waals surface area contributed by atoms with E-state index >= 15 is 0 Å². The van der Waals surface area contributed by atoms with Gasteiger partial charge in [0.15, 0.2) is 11.6 Å². The lowest BCUT2D eigenvalue weighted by atomic mass is 9.97. The second-order valence-electron chi connectivity index (χ2n) is 6.29. The minimum atomic E-state index is 0.531. The Balaban J connectivity index is 1.71. The lowest BCUT2D eigenvalue weighted by molar-refractivity contribution is 0.468. The second-order valence-corrected chi connectivity index (χ2v) is 7.37. The number of ether oxygens (including phenoxy) is 1. The van der Waals surface area contributed by atoms with Gasteiger partial charge >= 0.3 is 0 Å². The number of aryl methyl sites for hydroxylation is 3. The van der Waals surface area contributed by atoms with Gasteiger partial charge in [0, 0.05) is 24.3 Å². The highest BCUT2D eigenvalue weighted by atomic mass is 32.1. The zero-order chi connectivity index (χ0) is 17.5. The number of fused-ring (bicyclic) bond motifs is 3. The average molecular weight is 364 g/mol. The number of rotatable bonds is 3. The summed E-state index contributed by atoms with van der Waals surface area (Å²) in [7, 11) is 1.86. The maximum Gasteiger partial charge on any atom is 0.232 e. The van der Waals surface area contributed by atoms with Gasteiger partial charge < -0.3 is 4.74 Å². The molecule has 0 aromatic carbocycles. The summed E-state index contributed by atoms with van der Waals surface area (Å²) in [5.41, 5.74) is 1.97. The van der Waals surface area contributed by atoms with Crippen molar-refractivity contribution in [2.45, 2.75) is 25.7 Å². The van der Waals surface area contributed by atoms with E-state index in [-0.39, 0.29) is 0 Å². The van der Waals surface area contributed by atoms with Crippen LogP contribution in [-0.4, -0.2) is 29.7 Å². The Hall–Kier alpha value is -2.87. The Morgan fingerprint density at radius 3 is 2.85 bits per heavy atom. The van der Waals surface area contributed by atoms with Crippen LogP contribution in [0, 0.1) is 0 Å². The molecule has 0 N–H and O–H groups in total. The van der Waals surface area contributed by atoms with Crippen LogP contribution in [0.2, 0.25) is 0 Å². The largest absolute Gasteiger partial charge is 0.435 e. The van der Waals surface area contributed by atoms with E-state index in [1.165, 1.54) is 23.3 Å². The third-order valence-electron chi connectivity index (χ3n) is 4.47. The second kappa shape index (κ2) is 6.14. The Kier molecular flexibility index (Phi) is 3.63. The molecule has 1 aliphatic carbocycles. The van der Waals surface area contributed by atoms with Crippen molar-refractivity contribution < 1.29 is 4.74 Å². The van der Waals surface area contributed by atoms with Crippen molar-refractivity contribution in [1.82, 2.24) is 29.7 Å². The fourth-order valence-electron chi connectivity index (χ4n) is 3.29. The third-order valence-corrected chi connectivity index (χ3v) is 5.66. The maximum absolute atomic E-state index is 6.12. The zero-order valence-electron chi connectivity index (χ0n) is 14.2. The van der Waals surface area contributed by atoms with E-state index in [0.29, 0.717) is 23.1 Å². The lowest BCUT2D eigenvalue weighted by Gasteiger charge is -2.12. The number of hydrogen-bond acceptors (Lipinski definition) is 7. The first kappa shape index (κ1) is 15.4. The molecule has 0 radical (unpaired) electrons. The molecule has 0 spiro atoms. The first-order chi connectivity index (χ1) is 12.8. The first-order valence-corrected chi connectivity index (χ1v) is 9.35. The summed E-state index contributed by atoms with van der Waals surface area (Å²) in [5, 5.41) is 5.21. The van der Waals surface area contributed by atoms with Crippen molar-refractivity contribution in [3.63, 3.8) is 0 Å². The molecule has 0 amide bonds. The van der Waals surface area contributed by atoms with Gasteiger partial charge in [-0.15, -0.1) is 11.3 Å². The highest BCUT2D eigenvalue weighted by molar-refractivity contribution is 7.18. The number of hydrogen-bond donors (Lipinski definition) is 0. The molecule has 5 rings (SSSR count). The number of nitrogens with zero attached hydrogens (tertiary/aromatic N) is 6. The van der Waals surface area contributed by atoms with E-state index in [1.54, 1.807) is 40.8 Å². The van der Waals surface area contributed by atoms with E-state index in [2.05, 4.69) is 20.1 Å². The minimum absolute atomic E-state index is 0.531. The predicted octanol–water partition coefficient (Wildman–Crippen LogP) is 3.55. The highest BCUT2D eigenvalue weighted by Crippen LogP contribution is 2.41. The van der Waals surface area contributed by atoms with E-state index in [4.69, 9.17) is 9.72 Å². The van der Waals surface area contributed by atoms with Crippen molar-refractivity contribution in [2.24, 2.45) is 7.05 Å². The molecule has 0 saturated heterocycles. The molecular formula is C18H16N6OS. The van der Waals surface area contributed by atoms with Gasteiger partial charge in [-0.2, -0.15) is 10.1 Å². The number of thiophene rings is 1. The SMILES string of the molecule is Cn1cc(Oc2nc(-c3cnccn3)nc3sc4c(c23)CCCC4)cn1. The Labute approximate surface area is 153 Å². The molecule has 26 heavy (non-hydrogen) atoms. The van der Waals surface area contributed by atoms with E-state index in [0.717, 1.165) is 23.1 Å². The van der Waals surface area contributed by atoms with Gasteiger partial charge in [0.25, 0.3) is 0 Å². The summed E-state index contributed by atoms with van der Waals surface area (Å²) in [5.74, 6) is 1.76. The molecule has 0 saturated carbocycles. The molecule has 4 aromatic rings. The lowest BCUT2D eigenvalue weighted by Crippen LogP contribution is -2.00. The van der Waals surface area contributed by atoms with Crippen LogP contribution in [0.4, 0.5) is 0 Å². The summed E-state index contributed by atoms with van der Waals surface area (Å²) in [6.07, 6.45) is 13.0. The minimum Gasteiger partial charge on any atom is -0.435 e. The first-order valence-electron chi connectivity index (χ1n) is 8.53. The molecular weight excluding hydrogens is 348 g/mol. The number of aromatic nitrogens is 6. The van der Waals surface area contributed by atoms with E-state index in [9.17, 15) is 0 Å². The monoisotopic (exact) mass is 364 g/mol. The Bertz CT molecular complexity index is 1090. The summed E-state index contributed by atoms with van der Waals surface area (Å²) in [6, 6.07) is 0. The fraction of sp³-hybridized carbons (Fsp3) is 0.278. The van der Waals surface area contributed by atoms with Crippen LogP contribution in [0.3, 0.4) is 0 Å². The van der Waals surface area contributed by atoms with Crippen LogP contribution in [0.25, 0.3) is 21.7 Å². The maximum atomic E-state index is 6.12. The van der Waals surface area contributed by atoms with Crippen LogP contribution in [0.5, 0.6) is 11.6 Å². The third kappa shape index (κ3) is 2.62. The van der Waals surface area contributed by atoms with Crippen LogP contribution >= 0.6 is 11.3 Å². The van der Waals surface area contributed by atoms with Gasteiger partial charge in [-0.3, -0.25) is 9.67 Å².